The van der Waals surface area contributed by atoms with Gasteiger partial charge in [-0.1, -0.05) is 270 Å². The number of benzene rings is 11. The van der Waals surface area contributed by atoms with Crippen molar-refractivity contribution in [1.29, 1.82) is 5.26 Å². The van der Waals surface area contributed by atoms with E-state index in [1.807, 2.05) is 130 Å². The maximum atomic E-state index is 10.8. The van der Waals surface area contributed by atoms with Gasteiger partial charge in [-0.15, -0.1) is 0 Å². The molecule has 11 aromatic carbocycles. The summed E-state index contributed by atoms with van der Waals surface area (Å²) in [5, 5.41) is 64.7. The maximum Gasteiger partial charge on any atom is 0.174 e. The molecule has 0 aliphatic rings. The average molecular weight is 2880 g/mol. The Morgan fingerprint density at radius 1 is 0.271 bits per heavy atom. The molecule has 0 saturated heterocycles. The minimum atomic E-state index is 0. The molecule has 144 heavy (non-hydrogen) atoms. The minimum Gasteiger partial charge on any atom is -0.508 e. The first-order valence-corrected chi connectivity index (χ1v) is 59.2. The van der Waals surface area contributed by atoms with Crippen LogP contribution in [0.5, 0.6) is 86.2 Å². The summed E-state index contributed by atoms with van der Waals surface area (Å²) in [4.78, 5) is 23.5. The highest BCUT2D eigenvalue weighted by atomic mass is 127. The zero-order valence-corrected chi connectivity index (χ0v) is 109. The van der Waals surface area contributed by atoms with Crippen LogP contribution in [0.4, 0.5) is 0 Å². The van der Waals surface area contributed by atoms with Gasteiger partial charge in [0, 0.05) is 68.4 Å². The van der Waals surface area contributed by atoms with Gasteiger partial charge in [-0.3, -0.25) is 9.59 Å². The third-order valence-corrected chi connectivity index (χ3v) is 27.2. The number of hydrogen-bond acceptors (Lipinski definition) is 18. The highest BCUT2D eigenvalue weighted by Crippen LogP contribution is 2.43. The van der Waals surface area contributed by atoms with Gasteiger partial charge in [0.1, 0.15) is 87.1 Å². The number of hydrogen-bond donors (Lipinski definition) is 6. The van der Waals surface area contributed by atoms with E-state index in [4.69, 9.17) is 58.1 Å². The number of phenolic OH excluding ortho intramolecular Hbond substituents is 6. The lowest BCUT2D eigenvalue weighted by Gasteiger charge is -2.15. The number of aromatic hydroxyl groups is 6. The van der Waals surface area contributed by atoms with Crippen molar-refractivity contribution in [3.8, 4) is 92.3 Å². The third-order valence-electron chi connectivity index (χ3n) is 20.6. The van der Waals surface area contributed by atoms with Crippen molar-refractivity contribution >= 4 is 223 Å². The number of halogens is 13. The number of rotatable bonds is 23. The molecule has 796 valence electrons. The Morgan fingerprint density at radius 3 is 0.951 bits per heavy atom. The molecule has 0 saturated carbocycles. The van der Waals surface area contributed by atoms with E-state index in [9.17, 15) is 30.0 Å². The number of ether oxygens (including phenoxy) is 9. The lowest BCUT2D eigenvalue weighted by molar-refractivity contribution is 0.111. The standard InChI is InChI=1S/C12H14BrNO2.2C11H13BrO2.3C10H13BrO2.2C10H13BrO.2C9H11BrO.C9H12O.CH3I.CH4.Br2/c1-8(2)9-6-12(15-3)10(13)7-11(9)16-5-4-14;1-7(2)9-5-11(14-3)8(6-13)4-10(9)12;1-7(2)9-5-11(14-3)10(12)4-8(9)6-13;2*1-6(2)7-4-10(13-3)8(11)5-9(7)12;1-6(2)7-4-10(13-3)9(12)5-8(7)11;1-7(2)9-6-8(12-3)4-5-10(9)11;1-7(2)8-4-5-9(11)10(6-8)12-3;1-6(2)8-5-7(11)3-4-9(8)10;1-6(2)7-3-4-8(10)9(11)5-7;1-7(2)8-4-3-5-9(10)6-8;1-2;;1-2/h6-8H,5H2,1-3H3;2*4-7H,1-3H3;3*4-6,12H,1-3H3;2*4-7H,1-3H3;2*3-6,11H,1-2H3;3-7,10H,1-2H3;1H3;1H4;. The van der Waals surface area contributed by atoms with E-state index < -0.39 is 0 Å². The van der Waals surface area contributed by atoms with Gasteiger partial charge in [0.2, 0.25) is 0 Å². The fourth-order valence-electron chi connectivity index (χ4n) is 12.4. The monoisotopic (exact) mass is 2860 g/mol. The average Bonchev–Trinajstić information content (AvgIpc) is 0.832. The summed E-state index contributed by atoms with van der Waals surface area (Å²) < 4.78 is 55.6. The largest absolute Gasteiger partial charge is 0.508 e. The first kappa shape index (κ1) is 142. The van der Waals surface area contributed by atoms with Crippen LogP contribution in [0, 0.1) is 11.3 Å². The fourth-order valence-corrected chi connectivity index (χ4v) is 18.1. The van der Waals surface area contributed by atoms with Gasteiger partial charge in [-0.25, -0.2) is 0 Å². The van der Waals surface area contributed by atoms with Crippen LogP contribution in [-0.4, -0.2) is 112 Å². The van der Waals surface area contributed by atoms with Crippen LogP contribution in [0.2, 0.25) is 0 Å². The van der Waals surface area contributed by atoms with Crippen molar-refractivity contribution in [1.82, 2.24) is 0 Å². The Bertz CT molecular complexity index is 5520. The van der Waals surface area contributed by atoms with Crippen molar-refractivity contribution in [3.05, 3.63) is 287 Å². The van der Waals surface area contributed by atoms with Gasteiger partial charge < -0.3 is 73.3 Å². The zero-order valence-electron chi connectivity index (χ0n) is 87.4. The van der Waals surface area contributed by atoms with E-state index in [-0.39, 0.29) is 19.8 Å². The molecular formula is C113H146Br12INO17. The Labute approximate surface area is 972 Å². The van der Waals surface area contributed by atoms with E-state index in [0.29, 0.717) is 116 Å². The zero-order chi connectivity index (χ0) is 110. The van der Waals surface area contributed by atoms with Crippen LogP contribution in [0.15, 0.2) is 215 Å². The van der Waals surface area contributed by atoms with Crippen molar-refractivity contribution in [2.75, 3.05) is 68.4 Å². The Hall–Kier alpha value is -6.26. The van der Waals surface area contributed by atoms with Gasteiger partial charge in [-0.2, -0.15) is 5.26 Å². The number of aldehydes is 2. The van der Waals surface area contributed by atoms with E-state index >= 15 is 0 Å². The summed E-state index contributed by atoms with van der Waals surface area (Å²) in [6.07, 6.45) is 1.67. The first-order chi connectivity index (χ1) is 67.2. The lowest BCUT2D eigenvalue weighted by Crippen LogP contribution is -2.00. The molecule has 0 aromatic heterocycles. The summed E-state index contributed by atoms with van der Waals surface area (Å²) in [5.41, 5.74) is 13.5. The number of phenols is 6. The fraction of sp³-hybridized carbons (Fsp3) is 0.389. The summed E-state index contributed by atoms with van der Waals surface area (Å²) >= 11 is 41.4. The van der Waals surface area contributed by atoms with E-state index in [1.54, 1.807) is 118 Å². The van der Waals surface area contributed by atoms with Crippen molar-refractivity contribution < 1.29 is 82.9 Å². The molecule has 6 N–H and O–H groups in total. The third kappa shape index (κ3) is 51.0. The number of carbonyl (C=O) groups excluding carboxylic acids is 2. The smallest absolute Gasteiger partial charge is 0.174 e. The second-order valence-corrected chi connectivity index (χ2v) is 43.1. The van der Waals surface area contributed by atoms with Gasteiger partial charge in [0.05, 0.1) is 89.3 Å². The van der Waals surface area contributed by atoms with Crippen molar-refractivity contribution in [3.63, 3.8) is 0 Å². The van der Waals surface area contributed by atoms with Crippen LogP contribution in [0.1, 0.15) is 307 Å². The Kier molecular flexibility index (Phi) is 75.1. The topological polar surface area (TPSA) is 262 Å². The number of nitrogens with zero attached hydrogens (tertiary/aromatic N) is 1. The lowest BCUT2D eigenvalue weighted by atomic mass is 9.98. The predicted molar refractivity (Wildman–Crippen MR) is 652 cm³/mol. The van der Waals surface area contributed by atoms with E-state index in [1.165, 1.54) is 16.7 Å². The molecule has 0 unspecified atom stereocenters. The minimum absolute atomic E-state index is 0. The van der Waals surface area contributed by atoms with Crippen LogP contribution in [0.3, 0.4) is 0 Å². The molecule has 0 heterocycles. The molecule has 0 amide bonds. The molecule has 0 fully saturated rings. The second kappa shape index (κ2) is 76.3. The van der Waals surface area contributed by atoms with Crippen LogP contribution in [0.25, 0.3) is 0 Å². The normalized spacial score (nSPS) is 10.1. The van der Waals surface area contributed by atoms with Gasteiger partial charge >= 0.3 is 0 Å². The van der Waals surface area contributed by atoms with Crippen LogP contribution >= 0.6 is 210 Å². The Morgan fingerprint density at radius 2 is 0.583 bits per heavy atom. The summed E-state index contributed by atoms with van der Waals surface area (Å²) in [7, 11) is 13.0. The molecular weight excluding hydrogens is 2730 g/mol. The Balaban J connectivity index is -0.00000151. The maximum absolute atomic E-state index is 10.8. The number of nitriles is 1. The molecule has 0 atom stereocenters. The predicted octanol–water partition coefficient (Wildman–Crippen LogP) is 39.7. The van der Waals surface area contributed by atoms with Gasteiger partial charge in [0.15, 0.2) is 24.4 Å². The second-order valence-electron chi connectivity index (χ2n) is 34.6. The summed E-state index contributed by atoms with van der Waals surface area (Å²) in [6, 6.07) is 54.2. The first-order valence-electron chi connectivity index (χ1n) is 45.3. The molecule has 0 radical (unpaired) electrons. The van der Waals surface area contributed by atoms with Gasteiger partial charge in [0.25, 0.3) is 0 Å². The highest BCUT2D eigenvalue weighted by Gasteiger charge is 2.19. The summed E-state index contributed by atoms with van der Waals surface area (Å²) in [5.74, 6) is 13.0. The van der Waals surface area contributed by atoms with Crippen LogP contribution < -0.4 is 42.6 Å². The van der Waals surface area contributed by atoms with Gasteiger partial charge in [-0.05, 0) is 356 Å². The molecule has 18 nitrogen and oxygen atoms in total. The quantitative estimate of drug-likeness (QED) is 0.0197. The van der Waals surface area contributed by atoms with Crippen molar-refractivity contribution in [2.24, 2.45) is 0 Å². The number of methoxy groups -OCH3 is 8. The SMILES string of the molecule is BrBr.C.CC(C)c1cc(O)ccc1Br.CC(C)c1ccc(Br)c(O)c1.CC(C)c1cccc(O)c1.CI.COc1cc(C(C)C)c(Br)cc1C=O.COc1cc(C(C)C)c(Br)cc1O.COc1cc(C(C)C)c(C=O)cc1Br.COc1cc(C(C)C)c(O)cc1Br.COc1cc(C(C)C)c(O)cc1Br.COc1cc(C(C)C)c(OCC#N)cc1Br.COc1cc(C(C)C)ccc1Br.COc1ccc(Br)c(C(C)C)c1. The molecule has 0 spiro atoms. The molecule has 0 aliphatic heterocycles. The highest BCUT2D eigenvalue weighted by molar-refractivity contribution is 14.1. The summed E-state index contributed by atoms with van der Waals surface area (Å²) in [6.45, 7) is 46.1. The number of carbonyl (C=O) groups is 2. The van der Waals surface area contributed by atoms with E-state index in [0.717, 1.165) is 142 Å². The van der Waals surface area contributed by atoms with E-state index in [2.05, 4.69) is 353 Å². The van der Waals surface area contributed by atoms with Crippen LogP contribution in [-0.2, 0) is 0 Å². The van der Waals surface area contributed by atoms with Crippen molar-refractivity contribution in [2.45, 2.75) is 225 Å². The molecule has 0 bridgehead atoms. The molecule has 31 heteroatoms. The molecule has 11 rings (SSSR count). The molecule has 0 aliphatic carbocycles. The number of alkyl halides is 1. The molecule has 11 aromatic rings.